The molecule has 0 fully saturated rings. The molecule has 1 rings (SSSR count). The number of halogens is 3. The number of carboxylic acid groups (broad SMARTS) is 1. The summed E-state index contributed by atoms with van der Waals surface area (Å²) in [5.41, 5.74) is 0. The molecular formula is C8H9F3N2O3. The normalized spacial score (nSPS) is 13.5. The van der Waals surface area contributed by atoms with Crippen molar-refractivity contribution in [1.29, 1.82) is 0 Å². The van der Waals surface area contributed by atoms with Crippen LogP contribution < -0.4 is 4.74 Å². The van der Waals surface area contributed by atoms with E-state index in [0.717, 1.165) is 0 Å². The van der Waals surface area contributed by atoms with E-state index >= 15 is 0 Å². The first-order valence-corrected chi connectivity index (χ1v) is 4.21. The lowest BCUT2D eigenvalue weighted by Crippen LogP contribution is -2.35. The molecule has 0 aromatic carbocycles. The van der Waals surface area contributed by atoms with Crippen LogP contribution in [0, 0.1) is 5.92 Å². The Bertz CT molecular complexity index is 375. The predicted molar refractivity (Wildman–Crippen MR) is 45.9 cm³/mol. The van der Waals surface area contributed by atoms with Gasteiger partial charge in [0.05, 0.1) is 12.4 Å². The van der Waals surface area contributed by atoms with Crippen LogP contribution in [0.3, 0.4) is 0 Å². The SMILES string of the molecule is Cn1cc(OCC(C(=O)O)C(F)(F)F)cn1. The van der Waals surface area contributed by atoms with Gasteiger partial charge in [-0.2, -0.15) is 18.3 Å². The number of hydrogen-bond acceptors (Lipinski definition) is 3. The van der Waals surface area contributed by atoms with Gasteiger partial charge in [0.15, 0.2) is 11.7 Å². The predicted octanol–water partition coefficient (Wildman–Crippen LogP) is 1.06. The van der Waals surface area contributed by atoms with Crippen LogP contribution in [0.15, 0.2) is 12.4 Å². The largest absolute Gasteiger partial charge is 0.489 e. The van der Waals surface area contributed by atoms with Crippen LogP contribution >= 0.6 is 0 Å². The summed E-state index contributed by atoms with van der Waals surface area (Å²) in [6.45, 7) is -0.968. The third kappa shape index (κ3) is 3.14. The Kier molecular flexibility index (Phi) is 3.41. The maximum absolute atomic E-state index is 12.2. The van der Waals surface area contributed by atoms with Gasteiger partial charge in [-0.3, -0.25) is 9.48 Å². The van der Waals surface area contributed by atoms with E-state index in [1.165, 1.54) is 17.1 Å². The second-order valence-corrected chi connectivity index (χ2v) is 3.09. The molecule has 0 saturated carbocycles. The van der Waals surface area contributed by atoms with Crippen molar-refractivity contribution in [3.8, 4) is 5.75 Å². The van der Waals surface area contributed by atoms with Crippen molar-refractivity contribution in [2.75, 3.05) is 6.61 Å². The number of carboxylic acids is 1. The van der Waals surface area contributed by atoms with Gasteiger partial charge in [-0.1, -0.05) is 0 Å². The quantitative estimate of drug-likeness (QED) is 0.851. The first-order valence-electron chi connectivity index (χ1n) is 4.21. The molecule has 1 unspecified atom stereocenters. The second kappa shape index (κ2) is 4.42. The number of rotatable bonds is 4. The maximum atomic E-state index is 12.2. The minimum absolute atomic E-state index is 0.0954. The zero-order valence-corrected chi connectivity index (χ0v) is 8.23. The number of aromatic nitrogens is 2. The Balaban J connectivity index is 2.61. The summed E-state index contributed by atoms with van der Waals surface area (Å²) < 4.78 is 42.6. The molecule has 1 aromatic rings. The molecule has 8 heteroatoms. The van der Waals surface area contributed by atoms with Gasteiger partial charge < -0.3 is 9.84 Å². The summed E-state index contributed by atoms with van der Waals surface area (Å²) in [5.74, 6) is -4.40. The molecule has 0 saturated heterocycles. The molecule has 0 aliphatic heterocycles. The Morgan fingerprint density at radius 2 is 2.31 bits per heavy atom. The zero-order valence-electron chi connectivity index (χ0n) is 8.23. The van der Waals surface area contributed by atoms with Crippen LogP contribution in [0.2, 0.25) is 0 Å². The average Bonchev–Trinajstić information content (AvgIpc) is 2.48. The fraction of sp³-hybridized carbons (Fsp3) is 0.500. The monoisotopic (exact) mass is 238 g/mol. The summed E-state index contributed by atoms with van der Waals surface area (Å²) in [5, 5.41) is 12.0. The molecule has 1 atom stereocenters. The van der Waals surface area contributed by atoms with Gasteiger partial charge in [-0.25, -0.2) is 0 Å². The van der Waals surface area contributed by atoms with Crippen molar-refractivity contribution < 1.29 is 27.8 Å². The second-order valence-electron chi connectivity index (χ2n) is 3.09. The van der Waals surface area contributed by atoms with Crippen LogP contribution in [0.4, 0.5) is 13.2 Å². The number of alkyl halides is 3. The molecule has 1 heterocycles. The molecule has 1 aromatic heterocycles. The first-order chi connectivity index (χ1) is 7.30. The Morgan fingerprint density at radius 3 is 2.69 bits per heavy atom. The van der Waals surface area contributed by atoms with Crippen LogP contribution in [0.1, 0.15) is 0 Å². The number of aryl methyl sites for hydroxylation is 1. The summed E-state index contributed by atoms with van der Waals surface area (Å²) >= 11 is 0. The minimum Gasteiger partial charge on any atom is -0.489 e. The van der Waals surface area contributed by atoms with E-state index in [2.05, 4.69) is 5.10 Å². The van der Waals surface area contributed by atoms with Crippen molar-refractivity contribution >= 4 is 5.97 Å². The van der Waals surface area contributed by atoms with Crippen molar-refractivity contribution in [3.05, 3.63) is 12.4 Å². The van der Waals surface area contributed by atoms with Gasteiger partial charge in [-0.15, -0.1) is 0 Å². The summed E-state index contributed by atoms with van der Waals surface area (Å²) in [6, 6.07) is 0. The Hall–Kier alpha value is -1.73. The van der Waals surface area contributed by atoms with E-state index in [4.69, 9.17) is 9.84 Å². The van der Waals surface area contributed by atoms with E-state index in [1.54, 1.807) is 7.05 Å². The molecule has 5 nitrogen and oxygen atoms in total. The number of ether oxygens (including phenoxy) is 1. The van der Waals surface area contributed by atoms with E-state index in [0.29, 0.717) is 0 Å². The fourth-order valence-electron chi connectivity index (χ4n) is 0.959. The first kappa shape index (κ1) is 12.3. The molecule has 16 heavy (non-hydrogen) atoms. The van der Waals surface area contributed by atoms with Crippen LogP contribution in [-0.2, 0) is 11.8 Å². The van der Waals surface area contributed by atoms with Crippen LogP contribution in [0.5, 0.6) is 5.75 Å². The molecule has 0 radical (unpaired) electrons. The summed E-state index contributed by atoms with van der Waals surface area (Å²) in [6.07, 6.45) is -2.28. The topological polar surface area (TPSA) is 64.3 Å². The number of carbonyl (C=O) groups is 1. The van der Waals surface area contributed by atoms with Crippen LogP contribution in [0.25, 0.3) is 0 Å². The van der Waals surface area contributed by atoms with Crippen molar-refractivity contribution in [2.45, 2.75) is 6.18 Å². The maximum Gasteiger partial charge on any atom is 0.405 e. The average molecular weight is 238 g/mol. The lowest BCUT2D eigenvalue weighted by atomic mass is 10.1. The smallest absolute Gasteiger partial charge is 0.405 e. The molecule has 0 aliphatic carbocycles. The summed E-state index contributed by atoms with van der Waals surface area (Å²) in [7, 11) is 1.56. The molecule has 0 aliphatic rings. The third-order valence-corrected chi connectivity index (χ3v) is 1.79. The van der Waals surface area contributed by atoms with Crippen molar-refractivity contribution in [2.24, 2.45) is 13.0 Å². The molecule has 0 spiro atoms. The van der Waals surface area contributed by atoms with E-state index < -0.39 is 24.7 Å². The summed E-state index contributed by atoms with van der Waals surface area (Å²) in [4.78, 5) is 10.4. The molecule has 1 N–H and O–H groups in total. The lowest BCUT2D eigenvalue weighted by Gasteiger charge is -2.15. The zero-order chi connectivity index (χ0) is 12.3. The highest BCUT2D eigenvalue weighted by atomic mass is 19.4. The van der Waals surface area contributed by atoms with Gasteiger partial charge in [0.1, 0.15) is 6.61 Å². The van der Waals surface area contributed by atoms with Crippen molar-refractivity contribution in [1.82, 2.24) is 9.78 Å². The highest BCUT2D eigenvalue weighted by Crippen LogP contribution is 2.27. The van der Waals surface area contributed by atoms with E-state index in [1.807, 2.05) is 0 Å². The van der Waals surface area contributed by atoms with Crippen molar-refractivity contribution in [3.63, 3.8) is 0 Å². The molecule has 0 bridgehead atoms. The molecular weight excluding hydrogens is 229 g/mol. The van der Waals surface area contributed by atoms with Crippen LogP contribution in [-0.4, -0.2) is 33.6 Å². The lowest BCUT2D eigenvalue weighted by molar-refractivity contribution is -0.198. The number of nitrogens with zero attached hydrogens (tertiary/aromatic N) is 2. The van der Waals surface area contributed by atoms with E-state index in [9.17, 15) is 18.0 Å². The van der Waals surface area contributed by atoms with Gasteiger partial charge in [-0.05, 0) is 0 Å². The van der Waals surface area contributed by atoms with Gasteiger partial charge in [0.25, 0.3) is 0 Å². The van der Waals surface area contributed by atoms with E-state index in [-0.39, 0.29) is 5.75 Å². The Morgan fingerprint density at radius 1 is 1.69 bits per heavy atom. The molecule has 0 amide bonds. The minimum atomic E-state index is -4.83. The fourth-order valence-corrected chi connectivity index (χ4v) is 0.959. The van der Waals surface area contributed by atoms with Gasteiger partial charge in [0, 0.05) is 7.05 Å². The molecule has 90 valence electrons. The van der Waals surface area contributed by atoms with Gasteiger partial charge >= 0.3 is 12.1 Å². The Labute approximate surface area is 88.4 Å². The highest BCUT2D eigenvalue weighted by molar-refractivity contribution is 5.71. The van der Waals surface area contributed by atoms with Gasteiger partial charge in [0.2, 0.25) is 0 Å². The standard InChI is InChI=1S/C8H9F3N2O3/c1-13-3-5(2-12-13)16-4-6(7(14)15)8(9,10)11/h2-3,6H,4H2,1H3,(H,14,15). The third-order valence-electron chi connectivity index (χ3n) is 1.79. The highest BCUT2D eigenvalue weighted by Gasteiger charge is 2.45. The number of hydrogen-bond donors (Lipinski definition) is 1. The number of aliphatic carboxylic acids is 1.